The second-order valence-electron chi connectivity index (χ2n) is 6.81. The van der Waals surface area contributed by atoms with Crippen molar-refractivity contribution in [2.24, 2.45) is 0 Å². The van der Waals surface area contributed by atoms with E-state index in [0.717, 1.165) is 0 Å². The highest BCUT2D eigenvalue weighted by atomic mass is 35.5. The maximum absolute atomic E-state index is 3.84. The summed E-state index contributed by atoms with van der Waals surface area (Å²) in [5.41, 5.74) is 6.90. The zero-order chi connectivity index (χ0) is 15.8. The molecule has 1 aliphatic carbocycles. The Morgan fingerprint density at radius 2 is 1.92 bits per heavy atom. The van der Waals surface area contributed by atoms with Crippen LogP contribution in [-0.4, -0.2) is 4.98 Å². The van der Waals surface area contributed by atoms with Gasteiger partial charge in [0.15, 0.2) is 0 Å². The SMILES string of the molecule is Cc1ccc2[nH]c3c(c2c1)CCC[C@@H]3N[C@@H](C)c1ccccc1.Cl. The van der Waals surface area contributed by atoms with Crippen molar-refractivity contribution in [2.45, 2.75) is 45.2 Å². The van der Waals surface area contributed by atoms with E-state index in [9.17, 15) is 0 Å². The molecule has 0 unspecified atom stereocenters. The van der Waals surface area contributed by atoms with Gasteiger partial charge in [0.1, 0.15) is 0 Å². The monoisotopic (exact) mass is 340 g/mol. The first kappa shape index (κ1) is 17.1. The van der Waals surface area contributed by atoms with E-state index in [1.165, 1.54) is 52.5 Å². The Labute approximate surface area is 150 Å². The minimum atomic E-state index is 0. The number of nitrogens with one attached hydrogen (secondary N) is 2. The van der Waals surface area contributed by atoms with Gasteiger partial charge in [0.25, 0.3) is 0 Å². The summed E-state index contributed by atoms with van der Waals surface area (Å²) < 4.78 is 0. The molecule has 0 radical (unpaired) electrons. The molecule has 0 fully saturated rings. The number of aryl methyl sites for hydroxylation is 2. The normalized spacial score (nSPS) is 18.0. The van der Waals surface area contributed by atoms with Gasteiger partial charge in [-0.15, -0.1) is 12.4 Å². The summed E-state index contributed by atoms with van der Waals surface area (Å²) in [6.45, 7) is 4.44. The largest absolute Gasteiger partial charge is 0.357 e. The molecule has 2 aromatic carbocycles. The molecule has 126 valence electrons. The van der Waals surface area contributed by atoms with E-state index in [2.05, 4.69) is 72.7 Å². The lowest BCUT2D eigenvalue weighted by Crippen LogP contribution is -2.27. The van der Waals surface area contributed by atoms with Crippen molar-refractivity contribution in [3.63, 3.8) is 0 Å². The highest BCUT2D eigenvalue weighted by Crippen LogP contribution is 2.36. The molecule has 0 saturated carbocycles. The van der Waals surface area contributed by atoms with Gasteiger partial charge < -0.3 is 10.3 Å². The molecule has 2 atom stereocenters. The topological polar surface area (TPSA) is 27.8 Å². The molecule has 0 saturated heterocycles. The third kappa shape index (κ3) is 3.09. The lowest BCUT2D eigenvalue weighted by molar-refractivity contribution is 0.410. The third-order valence-electron chi connectivity index (χ3n) is 5.11. The molecule has 4 rings (SSSR count). The Balaban J connectivity index is 0.00000169. The van der Waals surface area contributed by atoms with Crippen molar-refractivity contribution in [3.8, 4) is 0 Å². The molecule has 0 aliphatic heterocycles. The molecular weight excluding hydrogens is 316 g/mol. The highest BCUT2D eigenvalue weighted by Gasteiger charge is 2.25. The van der Waals surface area contributed by atoms with Crippen LogP contribution in [0.5, 0.6) is 0 Å². The Morgan fingerprint density at radius 1 is 1.12 bits per heavy atom. The summed E-state index contributed by atoms with van der Waals surface area (Å²) in [5, 5.41) is 5.25. The summed E-state index contributed by atoms with van der Waals surface area (Å²) in [6.07, 6.45) is 3.65. The molecule has 0 spiro atoms. The Kier molecular flexibility index (Phi) is 4.98. The average Bonchev–Trinajstić information content (AvgIpc) is 2.95. The summed E-state index contributed by atoms with van der Waals surface area (Å²) >= 11 is 0. The lowest BCUT2D eigenvalue weighted by Gasteiger charge is -2.27. The fourth-order valence-electron chi connectivity index (χ4n) is 3.88. The first-order valence-corrected chi connectivity index (χ1v) is 8.64. The van der Waals surface area contributed by atoms with Gasteiger partial charge in [0.2, 0.25) is 0 Å². The Morgan fingerprint density at radius 3 is 2.71 bits per heavy atom. The number of H-pyrrole nitrogens is 1. The lowest BCUT2D eigenvalue weighted by atomic mass is 9.90. The van der Waals surface area contributed by atoms with Gasteiger partial charge in [-0.25, -0.2) is 0 Å². The fraction of sp³-hybridized carbons (Fsp3) is 0.333. The van der Waals surface area contributed by atoms with Gasteiger partial charge in [-0.05, 0) is 56.4 Å². The second kappa shape index (κ2) is 7.00. The molecule has 2 N–H and O–H groups in total. The van der Waals surface area contributed by atoms with Crippen LogP contribution in [0.15, 0.2) is 48.5 Å². The van der Waals surface area contributed by atoms with Crippen molar-refractivity contribution in [1.82, 2.24) is 10.3 Å². The summed E-state index contributed by atoms with van der Waals surface area (Å²) in [6, 6.07) is 18.2. The molecule has 2 nitrogen and oxygen atoms in total. The van der Waals surface area contributed by atoms with Crippen LogP contribution in [0.3, 0.4) is 0 Å². The standard InChI is InChI=1S/C21H24N2.ClH/c1-14-11-12-19-18(13-14)17-9-6-10-20(21(17)23-19)22-15(2)16-7-4-3-5-8-16;/h3-5,7-8,11-13,15,20,22-23H,6,9-10H2,1-2H3;1H/t15-,20-;/m0./s1. The van der Waals surface area contributed by atoms with Crippen LogP contribution in [0.4, 0.5) is 0 Å². The number of hydrogen-bond donors (Lipinski definition) is 2. The maximum Gasteiger partial charge on any atom is 0.0480 e. The van der Waals surface area contributed by atoms with Crippen LogP contribution in [0, 0.1) is 6.92 Å². The fourth-order valence-corrected chi connectivity index (χ4v) is 3.88. The second-order valence-corrected chi connectivity index (χ2v) is 6.81. The number of rotatable bonds is 3. The van der Waals surface area contributed by atoms with Crippen molar-refractivity contribution in [3.05, 3.63) is 70.9 Å². The smallest absolute Gasteiger partial charge is 0.0480 e. The van der Waals surface area contributed by atoms with Gasteiger partial charge in [-0.2, -0.15) is 0 Å². The molecule has 24 heavy (non-hydrogen) atoms. The third-order valence-corrected chi connectivity index (χ3v) is 5.11. The number of aromatic amines is 1. The van der Waals surface area contributed by atoms with Crippen LogP contribution in [0.1, 0.15) is 54.2 Å². The van der Waals surface area contributed by atoms with Crippen LogP contribution in [0.2, 0.25) is 0 Å². The Bertz CT molecular complexity index is 822. The molecule has 1 heterocycles. The van der Waals surface area contributed by atoms with E-state index in [0.29, 0.717) is 12.1 Å². The van der Waals surface area contributed by atoms with E-state index in [4.69, 9.17) is 0 Å². The van der Waals surface area contributed by atoms with Crippen molar-refractivity contribution < 1.29 is 0 Å². The van der Waals surface area contributed by atoms with Gasteiger partial charge in [-0.3, -0.25) is 0 Å². The number of halogens is 1. The molecule has 0 bridgehead atoms. The van der Waals surface area contributed by atoms with E-state index in [-0.39, 0.29) is 12.4 Å². The number of hydrogen-bond acceptors (Lipinski definition) is 1. The van der Waals surface area contributed by atoms with E-state index >= 15 is 0 Å². The van der Waals surface area contributed by atoms with Gasteiger partial charge in [0, 0.05) is 28.7 Å². The van der Waals surface area contributed by atoms with Gasteiger partial charge in [-0.1, -0.05) is 42.0 Å². The van der Waals surface area contributed by atoms with Crippen LogP contribution in [0.25, 0.3) is 10.9 Å². The van der Waals surface area contributed by atoms with Crippen molar-refractivity contribution in [1.29, 1.82) is 0 Å². The summed E-state index contributed by atoms with van der Waals surface area (Å²) in [5.74, 6) is 0. The predicted molar refractivity (Wildman–Crippen MR) is 104 cm³/mol. The minimum absolute atomic E-state index is 0. The summed E-state index contributed by atoms with van der Waals surface area (Å²) in [4.78, 5) is 3.69. The zero-order valence-electron chi connectivity index (χ0n) is 14.3. The Hall–Kier alpha value is -1.77. The molecule has 0 amide bonds. The van der Waals surface area contributed by atoms with Crippen LogP contribution in [-0.2, 0) is 6.42 Å². The van der Waals surface area contributed by atoms with Crippen molar-refractivity contribution >= 4 is 23.3 Å². The van der Waals surface area contributed by atoms with E-state index < -0.39 is 0 Å². The van der Waals surface area contributed by atoms with Gasteiger partial charge in [0.05, 0.1) is 0 Å². The predicted octanol–water partition coefficient (Wildman–Crippen LogP) is 5.63. The van der Waals surface area contributed by atoms with Crippen molar-refractivity contribution in [2.75, 3.05) is 0 Å². The molecular formula is C21H25ClN2. The van der Waals surface area contributed by atoms with E-state index in [1.54, 1.807) is 0 Å². The average molecular weight is 341 g/mol. The first-order valence-electron chi connectivity index (χ1n) is 8.64. The molecule has 1 aromatic heterocycles. The van der Waals surface area contributed by atoms with Crippen LogP contribution < -0.4 is 5.32 Å². The number of fused-ring (bicyclic) bond motifs is 3. The van der Waals surface area contributed by atoms with Crippen LogP contribution >= 0.6 is 12.4 Å². The minimum Gasteiger partial charge on any atom is -0.357 e. The molecule has 1 aliphatic rings. The van der Waals surface area contributed by atoms with E-state index in [1.807, 2.05) is 0 Å². The number of aromatic nitrogens is 1. The molecule has 3 heteroatoms. The highest BCUT2D eigenvalue weighted by molar-refractivity contribution is 5.86. The first-order chi connectivity index (χ1) is 11.2. The number of benzene rings is 2. The molecule has 3 aromatic rings. The maximum atomic E-state index is 3.84. The summed E-state index contributed by atoms with van der Waals surface area (Å²) in [7, 11) is 0. The van der Waals surface area contributed by atoms with Gasteiger partial charge >= 0.3 is 0 Å². The zero-order valence-corrected chi connectivity index (χ0v) is 15.1. The quantitative estimate of drug-likeness (QED) is 0.635.